The molecule has 0 saturated carbocycles. The Hall–Kier alpha value is -3.23. The molecule has 136 valence electrons. The maximum atomic E-state index is 12.9. The highest BCUT2D eigenvalue weighted by molar-refractivity contribution is 6.38. The van der Waals surface area contributed by atoms with Crippen molar-refractivity contribution in [3.63, 3.8) is 0 Å². The zero-order valence-corrected chi connectivity index (χ0v) is 15.7. The minimum Gasteiger partial charge on any atom is -0.338 e. The number of aryl methyl sites for hydroxylation is 1. The van der Waals surface area contributed by atoms with Crippen LogP contribution < -0.4 is 5.32 Å². The first kappa shape index (κ1) is 18.6. The fourth-order valence-electron chi connectivity index (χ4n) is 2.94. The second kappa shape index (κ2) is 7.56. The van der Waals surface area contributed by atoms with Crippen LogP contribution in [-0.2, 0) is 11.8 Å². The van der Waals surface area contributed by atoms with E-state index < -0.39 is 0 Å². The average molecular weight is 380 g/mol. The fraction of sp³-hybridized carbons (Fsp3) is 0.143. The van der Waals surface area contributed by atoms with E-state index in [4.69, 9.17) is 18.0 Å². The van der Waals surface area contributed by atoms with Crippen LogP contribution in [0.2, 0.25) is 5.02 Å². The minimum atomic E-state index is -0.328. The van der Waals surface area contributed by atoms with Gasteiger partial charge in [-0.1, -0.05) is 41.8 Å². The second-order valence-electron chi connectivity index (χ2n) is 6.17. The molecule has 1 heterocycles. The number of carbonyl (C=O) groups excluding carboxylic acids is 2. The number of benzene rings is 2. The van der Waals surface area contributed by atoms with Crippen molar-refractivity contribution in [3.05, 3.63) is 64.8 Å². The number of fused-ring (bicyclic) bond motifs is 1. The zero-order valence-electron chi connectivity index (χ0n) is 15.0. The maximum absolute atomic E-state index is 12.9. The highest BCUT2D eigenvalue weighted by Crippen LogP contribution is 2.30. The van der Waals surface area contributed by atoms with Gasteiger partial charge in [-0.25, -0.2) is 0 Å². The maximum Gasteiger partial charge on any atom is 0.272 e. The van der Waals surface area contributed by atoms with E-state index in [0.717, 1.165) is 10.9 Å². The number of para-hydroxylation sites is 1. The van der Waals surface area contributed by atoms with Crippen LogP contribution in [0.1, 0.15) is 16.1 Å². The van der Waals surface area contributed by atoms with Gasteiger partial charge in [-0.2, -0.15) is 0 Å². The Morgan fingerprint density at radius 2 is 1.96 bits per heavy atom. The summed E-state index contributed by atoms with van der Waals surface area (Å²) in [6, 6.07) is 14.5. The number of hydrogen-bond acceptors (Lipinski definition) is 2. The molecule has 0 unspecified atom stereocenters. The number of amides is 2. The van der Waals surface area contributed by atoms with Gasteiger partial charge in [-0.3, -0.25) is 9.59 Å². The lowest BCUT2D eigenvalue weighted by molar-refractivity contribution is -0.116. The van der Waals surface area contributed by atoms with E-state index in [1.54, 1.807) is 42.9 Å². The summed E-state index contributed by atoms with van der Waals surface area (Å²) in [6.45, 7) is -0.114. The lowest BCUT2D eigenvalue weighted by Gasteiger charge is -2.17. The monoisotopic (exact) mass is 379 g/mol. The van der Waals surface area contributed by atoms with Gasteiger partial charge in [0, 0.05) is 36.2 Å². The zero-order chi connectivity index (χ0) is 19.6. The number of nitrogens with one attached hydrogen (secondary N) is 1. The largest absolute Gasteiger partial charge is 0.338 e. The van der Waals surface area contributed by atoms with Crippen LogP contribution >= 0.6 is 11.6 Å². The highest BCUT2D eigenvalue weighted by atomic mass is 35.5. The molecule has 5 nitrogen and oxygen atoms in total. The van der Waals surface area contributed by atoms with Gasteiger partial charge in [0.15, 0.2) is 0 Å². The topological polar surface area (TPSA) is 54.3 Å². The van der Waals surface area contributed by atoms with Crippen LogP contribution in [0.25, 0.3) is 10.9 Å². The molecule has 2 amide bonds. The predicted molar refractivity (Wildman–Crippen MR) is 108 cm³/mol. The summed E-state index contributed by atoms with van der Waals surface area (Å²) in [4.78, 5) is 26.5. The summed E-state index contributed by atoms with van der Waals surface area (Å²) in [5, 5.41) is 3.92. The van der Waals surface area contributed by atoms with Crippen molar-refractivity contribution in [2.45, 2.75) is 0 Å². The number of carbonyl (C=O) groups is 2. The molecule has 3 aromatic rings. The van der Waals surface area contributed by atoms with Gasteiger partial charge in [0.05, 0.1) is 11.6 Å². The smallest absolute Gasteiger partial charge is 0.272 e. The summed E-state index contributed by atoms with van der Waals surface area (Å²) >= 11 is 6.41. The first-order valence-corrected chi connectivity index (χ1v) is 8.65. The molecule has 0 bridgehead atoms. The van der Waals surface area contributed by atoms with Crippen LogP contribution in [-0.4, -0.2) is 34.9 Å². The van der Waals surface area contributed by atoms with Crippen molar-refractivity contribution < 1.29 is 9.59 Å². The third-order valence-electron chi connectivity index (χ3n) is 4.29. The van der Waals surface area contributed by atoms with Crippen LogP contribution in [0.5, 0.6) is 0 Å². The number of nitrogens with zero attached hydrogens (tertiary/aromatic N) is 2. The molecule has 0 saturated heterocycles. The summed E-state index contributed by atoms with van der Waals surface area (Å²) in [5.74, 6) is 1.86. The van der Waals surface area contributed by atoms with Gasteiger partial charge < -0.3 is 14.8 Å². The van der Waals surface area contributed by atoms with Crippen molar-refractivity contribution in [2.75, 3.05) is 18.9 Å². The summed E-state index contributed by atoms with van der Waals surface area (Å²) < 4.78 is 1.74. The standard InChI is InChI=1S/C21H18ClN3O2/c1-4-14-8-7-9-15(12-14)23-18(26)13-24(2)21(27)20-19(22)16-10-5-6-11-17(16)25(20)3/h1,5-12H,13H2,2-3H3,(H,23,26). The molecule has 0 aliphatic carbocycles. The molecule has 0 aliphatic heterocycles. The SMILES string of the molecule is C#Cc1cccc(NC(=O)CN(C)C(=O)c2c(Cl)c3ccccc3n2C)c1. The first-order valence-electron chi connectivity index (χ1n) is 8.27. The van der Waals surface area contributed by atoms with Gasteiger partial charge in [0.25, 0.3) is 5.91 Å². The lowest BCUT2D eigenvalue weighted by atomic mass is 10.2. The van der Waals surface area contributed by atoms with E-state index in [0.29, 0.717) is 22.0 Å². The van der Waals surface area contributed by atoms with Crippen molar-refractivity contribution in [1.29, 1.82) is 0 Å². The van der Waals surface area contributed by atoms with Gasteiger partial charge in [0.1, 0.15) is 5.69 Å². The molecule has 3 rings (SSSR count). The van der Waals surface area contributed by atoms with Crippen molar-refractivity contribution in [3.8, 4) is 12.3 Å². The number of terminal acetylenes is 1. The number of aromatic nitrogens is 1. The van der Waals surface area contributed by atoms with E-state index in [-0.39, 0.29) is 18.4 Å². The van der Waals surface area contributed by atoms with Crippen molar-refractivity contribution in [1.82, 2.24) is 9.47 Å². The molecule has 0 radical (unpaired) electrons. The quantitative estimate of drug-likeness (QED) is 0.705. The third kappa shape index (κ3) is 3.67. The molecular formula is C21H18ClN3O2. The predicted octanol–water partition coefficient (Wildman–Crippen LogP) is 3.52. The van der Waals surface area contributed by atoms with Crippen LogP contribution in [0.3, 0.4) is 0 Å². The lowest BCUT2D eigenvalue weighted by Crippen LogP contribution is -2.35. The molecule has 1 aromatic heterocycles. The Morgan fingerprint density at radius 3 is 2.67 bits per heavy atom. The third-order valence-corrected chi connectivity index (χ3v) is 4.67. The second-order valence-corrected chi connectivity index (χ2v) is 6.55. The van der Waals surface area contributed by atoms with E-state index in [2.05, 4.69) is 11.2 Å². The van der Waals surface area contributed by atoms with E-state index in [9.17, 15) is 9.59 Å². The van der Waals surface area contributed by atoms with Crippen molar-refractivity contribution >= 4 is 40.0 Å². The van der Waals surface area contributed by atoms with Gasteiger partial charge in [-0.15, -0.1) is 6.42 Å². The minimum absolute atomic E-state index is 0.114. The number of hydrogen-bond donors (Lipinski definition) is 1. The molecule has 0 atom stereocenters. The van der Waals surface area contributed by atoms with Gasteiger partial charge in [-0.05, 0) is 24.3 Å². The molecule has 0 aliphatic rings. The molecule has 0 fully saturated rings. The summed E-state index contributed by atoms with van der Waals surface area (Å²) in [5.41, 5.74) is 2.45. The summed E-state index contributed by atoms with van der Waals surface area (Å²) in [6.07, 6.45) is 5.36. The first-order chi connectivity index (χ1) is 12.9. The molecule has 0 spiro atoms. The molecule has 1 N–H and O–H groups in total. The molecule has 2 aromatic carbocycles. The number of halogens is 1. The van der Waals surface area contributed by atoms with Crippen LogP contribution in [0, 0.1) is 12.3 Å². The molecular weight excluding hydrogens is 362 g/mol. The Morgan fingerprint density at radius 1 is 1.22 bits per heavy atom. The Kier molecular flexibility index (Phi) is 5.20. The van der Waals surface area contributed by atoms with E-state index in [1.165, 1.54) is 4.90 Å². The summed E-state index contributed by atoms with van der Waals surface area (Å²) in [7, 11) is 3.34. The van der Waals surface area contributed by atoms with Gasteiger partial charge in [0.2, 0.25) is 5.91 Å². The van der Waals surface area contributed by atoms with Crippen LogP contribution in [0.4, 0.5) is 5.69 Å². The average Bonchev–Trinajstić information content (AvgIpc) is 2.92. The Labute approximate surface area is 162 Å². The Balaban J connectivity index is 1.76. The fourth-order valence-corrected chi connectivity index (χ4v) is 3.31. The van der Waals surface area contributed by atoms with E-state index in [1.807, 2.05) is 24.3 Å². The number of likely N-dealkylation sites (N-methyl/N-ethyl adjacent to an activating group) is 1. The molecule has 6 heteroatoms. The normalized spacial score (nSPS) is 10.4. The molecule has 27 heavy (non-hydrogen) atoms. The Bertz CT molecular complexity index is 1040. The van der Waals surface area contributed by atoms with Gasteiger partial charge >= 0.3 is 0 Å². The number of anilines is 1. The van der Waals surface area contributed by atoms with E-state index >= 15 is 0 Å². The van der Waals surface area contributed by atoms with Crippen LogP contribution in [0.15, 0.2) is 48.5 Å². The van der Waals surface area contributed by atoms with Crippen molar-refractivity contribution in [2.24, 2.45) is 7.05 Å². The highest BCUT2D eigenvalue weighted by Gasteiger charge is 2.23. The number of rotatable bonds is 4.